The summed E-state index contributed by atoms with van der Waals surface area (Å²) in [5.74, 6) is 0. The van der Waals surface area contributed by atoms with Gasteiger partial charge in [-0.2, -0.15) is 0 Å². The van der Waals surface area contributed by atoms with Crippen molar-refractivity contribution < 1.29 is 16.6 Å². The average Bonchev–Trinajstić information content (AvgIpc) is 1.50. The second-order valence-corrected chi connectivity index (χ2v) is 0. The van der Waals surface area contributed by atoms with Crippen LogP contribution in [-0.4, -0.2) is 15.9 Å². The molecule has 0 aromatic carbocycles. The topological polar surface area (TPSA) is 23.8 Å². The van der Waals surface area contributed by atoms with Gasteiger partial charge in [0, 0.05) is 0 Å². The zero-order chi connectivity index (χ0) is 4.00. The Morgan fingerprint density at radius 3 is 1.50 bits per heavy atom. The van der Waals surface area contributed by atoms with E-state index in [1.54, 1.807) is 0 Å². The van der Waals surface area contributed by atoms with Crippen molar-refractivity contribution in [2.75, 3.05) is 0 Å². The summed E-state index contributed by atoms with van der Waals surface area (Å²) in [5, 5.41) is 0. The van der Waals surface area contributed by atoms with E-state index >= 15 is 0 Å². The summed E-state index contributed by atoms with van der Waals surface area (Å²) in [5.41, 5.74) is 0. The van der Waals surface area contributed by atoms with E-state index in [9.17, 15) is 0 Å². The second-order valence-electron chi connectivity index (χ2n) is 0. The van der Waals surface area contributed by atoms with Crippen LogP contribution in [-0.2, 0) is 16.6 Å². The number of hydrogen-bond acceptors (Lipinski definition) is 2. The van der Waals surface area contributed by atoms with Crippen LogP contribution in [0, 0.1) is 4.17 Å². The molecule has 1 nitrogen and oxygen atoms in total. The molecule has 0 rings (SSSR count). The molecule has 4 heteroatoms. The van der Waals surface area contributed by atoms with Crippen LogP contribution in [0.1, 0.15) is 0 Å². The van der Waals surface area contributed by atoms with Gasteiger partial charge < -0.3 is 0 Å². The standard InChI is InChI=1S/Al.N.S.Zn. The molecule has 0 aromatic heterocycles. The number of rotatable bonds is 0. The van der Waals surface area contributed by atoms with E-state index in [1.807, 2.05) is 0 Å². The van der Waals surface area contributed by atoms with Gasteiger partial charge in [-0.15, -0.1) is 0 Å². The molecule has 0 bridgehead atoms. The maximum atomic E-state index is 6.92. The second kappa shape index (κ2) is 33.0. The first-order valence-electron chi connectivity index (χ1n) is 0.547. The predicted octanol–water partition coefficient (Wildman–Crippen LogP) is 0.280. The molecule has 0 radical (unpaired) electrons. The Bertz CT molecular complexity index is 19.2. The molecular weight excluding hydrogens is 138 g/mol. The van der Waals surface area contributed by atoms with Gasteiger partial charge in [-0.25, -0.2) is 0 Å². The summed E-state index contributed by atoms with van der Waals surface area (Å²) >= 11 is 2.37. The minimum absolute atomic E-state index is 0.958. The molecule has 0 heterocycles. The molecule has 4 heavy (non-hydrogen) atoms. The van der Waals surface area contributed by atoms with Gasteiger partial charge >= 0.3 is 46.8 Å². The normalized spacial score (nSPS) is 2.75. The van der Waals surface area contributed by atoms with E-state index in [0.717, 1.165) is 16.6 Å². The van der Waals surface area contributed by atoms with Gasteiger partial charge in [0.1, 0.15) is 0 Å². The molecule has 0 saturated heterocycles. The van der Waals surface area contributed by atoms with Crippen LogP contribution in [0.3, 0.4) is 0 Å². The number of nitrogens with zero attached hydrogens (tertiary/aromatic N) is 1. The molecule has 0 amide bonds. The van der Waals surface area contributed by atoms with E-state index < -0.39 is 0 Å². The van der Waals surface area contributed by atoms with E-state index in [4.69, 9.17) is 4.17 Å². The Morgan fingerprint density at radius 2 is 1.50 bits per heavy atom. The fourth-order valence-electron chi connectivity index (χ4n) is 0. The first kappa shape index (κ1) is 8.92. The summed E-state index contributed by atoms with van der Waals surface area (Å²) in [6, 6.07) is 0. The molecule has 0 fully saturated rings. The fourth-order valence-corrected chi connectivity index (χ4v) is 0. The molecule has 16 valence electrons. The van der Waals surface area contributed by atoms with Gasteiger partial charge in [-0.05, 0) is 0 Å². The molecule has 0 aliphatic carbocycles. The average molecular weight is 138 g/mol. The Hall–Kier alpha value is 1.09. The van der Waals surface area contributed by atoms with Gasteiger partial charge in [-0.3, -0.25) is 0 Å². The molecule has 0 aliphatic rings. The first-order chi connectivity index (χ1) is 2.00. The van der Waals surface area contributed by atoms with Crippen LogP contribution in [0.5, 0.6) is 0 Å². The molecule has 0 unspecified atom stereocenters. The summed E-state index contributed by atoms with van der Waals surface area (Å²) in [4.78, 5) is 0. The molecule has 0 N–H and O–H groups in total. The Balaban J connectivity index is 0. The third kappa shape index (κ3) is 11.4. The van der Waals surface area contributed by atoms with Crippen molar-refractivity contribution in [3.63, 3.8) is 0 Å². The quantitative estimate of drug-likeness (QED) is 0.449. The zero-order valence-electron chi connectivity index (χ0n) is 2.14. The third-order valence-electron chi connectivity index (χ3n) is 0. The van der Waals surface area contributed by atoms with Crippen LogP contribution in [0.2, 0.25) is 0 Å². The van der Waals surface area contributed by atoms with Gasteiger partial charge in [-0.1, -0.05) is 0 Å². The van der Waals surface area contributed by atoms with Crippen molar-refractivity contribution in [2.24, 2.45) is 0 Å². The van der Waals surface area contributed by atoms with Crippen LogP contribution >= 0.6 is 10.1 Å². The minimum atomic E-state index is 0.958. The van der Waals surface area contributed by atoms with E-state index in [0.29, 0.717) is 0 Å². The van der Waals surface area contributed by atoms with Crippen molar-refractivity contribution in [3.8, 4) is 0 Å². The summed E-state index contributed by atoms with van der Waals surface area (Å²) in [7, 11) is 4.21. The van der Waals surface area contributed by atoms with Crippen LogP contribution in [0.4, 0.5) is 0 Å². The van der Waals surface area contributed by atoms with Crippen LogP contribution in [0.15, 0.2) is 0 Å². The molecule has 0 saturated carbocycles. The number of hydrogen-bond donors (Lipinski definition) is 0. The molecule has 0 spiro atoms. The molecule has 0 aliphatic heterocycles. The Kier molecular flexibility index (Phi) is 73.6. The van der Waals surface area contributed by atoms with E-state index in [-0.39, 0.29) is 0 Å². The van der Waals surface area contributed by atoms with E-state index in [1.165, 1.54) is 15.9 Å². The van der Waals surface area contributed by atoms with Crippen molar-refractivity contribution in [2.45, 2.75) is 0 Å². The van der Waals surface area contributed by atoms with Crippen LogP contribution < -0.4 is 0 Å². The Labute approximate surface area is 46.7 Å². The summed E-state index contributed by atoms with van der Waals surface area (Å²) in [6.45, 7) is 0. The summed E-state index contributed by atoms with van der Waals surface area (Å²) < 4.78 is 6.92. The van der Waals surface area contributed by atoms with Gasteiger partial charge in [0.05, 0.1) is 0 Å². The molecular formula is AlNSZn. The third-order valence-corrected chi connectivity index (χ3v) is 0. The first-order valence-corrected chi connectivity index (χ1v) is 5.27. The predicted molar refractivity (Wildman–Crippen MR) is 15.1 cm³/mol. The van der Waals surface area contributed by atoms with Crippen molar-refractivity contribution in [1.29, 1.82) is 4.17 Å². The fraction of sp³-hybridized carbons (Fsp3) is 0. The van der Waals surface area contributed by atoms with Crippen molar-refractivity contribution >= 4 is 26.0 Å². The maximum absolute atomic E-state index is 6.92. The van der Waals surface area contributed by atoms with Gasteiger partial charge in [0.15, 0.2) is 0 Å². The van der Waals surface area contributed by atoms with Crippen molar-refractivity contribution in [3.05, 3.63) is 0 Å². The Morgan fingerprint density at radius 1 is 1.50 bits per heavy atom. The molecule has 0 aromatic rings. The van der Waals surface area contributed by atoms with Crippen LogP contribution in [0.25, 0.3) is 0 Å². The zero-order valence-corrected chi connectivity index (χ0v) is 7.08. The van der Waals surface area contributed by atoms with Gasteiger partial charge in [0.25, 0.3) is 0 Å². The van der Waals surface area contributed by atoms with E-state index in [2.05, 4.69) is 10.1 Å². The molecule has 0 atom stereocenters. The summed E-state index contributed by atoms with van der Waals surface area (Å²) in [6.07, 6.45) is 0. The van der Waals surface area contributed by atoms with Gasteiger partial charge in [0.2, 0.25) is 0 Å². The monoisotopic (exact) mass is 137 g/mol. The van der Waals surface area contributed by atoms with Crippen molar-refractivity contribution in [1.82, 2.24) is 0 Å². The SMILES string of the molecule is [N]#[Al].[S]=[Zn].